The van der Waals surface area contributed by atoms with Gasteiger partial charge in [0.1, 0.15) is 6.17 Å². The number of ether oxygens (including phenoxy) is 1. The lowest BCUT2D eigenvalue weighted by Crippen LogP contribution is -2.57. The molecule has 3 aromatic rings. The van der Waals surface area contributed by atoms with Gasteiger partial charge in [-0.05, 0) is 48.2 Å². The summed E-state index contributed by atoms with van der Waals surface area (Å²) in [6.45, 7) is 2.46. The third-order valence-corrected chi connectivity index (χ3v) is 7.48. The Labute approximate surface area is 216 Å². The molecule has 2 aromatic carbocycles. The van der Waals surface area contributed by atoms with Crippen molar-refractivity contribution < 1.29 is 18.7 Å². The molecular weight excluding hydrogens is 473 g/mol. The maximum Gasteiger partial charge on any atom is 0.254 e. The standard InChI is InChI=1S/C28H32FN5O3/c1-32(26-7-5-22(6-8-26)24-14-30-31-15-24)19-28(9-11-37-12-10-28)34(20-35)16-21-3-2-4-23(13-21)27(36)33-17-25(29)18-33/h2-8,13-15,20,25H,9-12,16-19H2,1H3,(H,30,31). The van der Waals surface area contributed by atoms with Gasteiger partial charge in [0.15, 0.2) is 0 Å². The van der Waals surface area contributed by atoms with Crippen molar-refractivity contribution in [3.63, 3.8) is 0 Å². The van der Waals surface area contributed by atoms with Crippen LogP contribution in [0.1, 0.15) is 28.8 Å². The van der Waals surface area contributed by atoms with Crippen LogP contribution in [0.5, 0.6) is 0 Å². The summed E-state index contributed by atoms with van der Waals surface area (Å²) in [6, 6.07) is 15.6. The summed E-state index contributed by atoms with van der Waals surface area (Å²) >= 11 is 0. The molecule has 0 spiro atoms. The van der Waals surface area contributed by atoms with Crippen LogP contribution in [0.25, 0.3) is 11.1 Å². The Kier molecular flexibility index (Phi) is 7.23. The summed E-state index contributed by atoms with van der Waals surface area (Å²) in [6.07, 6.45) is 5.06. The summed E-state index contributed by atoms with van der Waals surface area (Å²) in [4.78, 5) is 30.7. The lowest BCUT2D eigenvalue weighted by atomic mass is 9.87. The van der Waals surface area contributed by atoms with Gasteiger partial charge in [0.2, 0.25) is 6.41 Å². The Balaban J connectivity index is 1.33. The number of halogens is 1. The van der Waals surface area contributed by atoms with Crippen LogP contribution in [0.3, 0.4) is 0 Å². The maximum absolute atomic E-state index is 13.2. The fourth-order valence-corrected chi connectivity index (χ4v) is 5.23. The Morgan fingerprint density at radius 2 is 1.95 bits per heavy atom. The molecule has 2 amide bonds. The molecular formula is C28H32FN5O3. The molecule has 0 aliphatic carbocycles. The summed E-state index contributed by atoms with van der Waals surface area (Å²) in [5, 5.41) is 6.86. The topological polar surface area (TPSA) is 81.8 Å². The highest BCUT2D eigenvalue weighted by Crippen LogP contribution is 2.32. The van der Waals surface area contributed by atoms with Crippen LogP contribution in [0.2, 0.25) is 0 Å². The number of rotatable bonds is 9. The normalized spacial score (nSPS) is 17.2. The highest BCUT2D eigenvalue weighted by molar-refractivity contribution is 5.95. The minimum Gasteiger partial charge on any atom is -0.381 e. The van der Waals surface area contributed by atoms with Crippen LogP contribution >= 0.6 is 0 Å². The van der Waals surface area contributed by atoms with Crippen LogP contribution in [-0.2, 0) is 16.1 Å². The van der Waals surface area contributed by atoms with E-state index in [1.165, 1.54) is 4.90 Å². The van der Waals surface area contributed by atoms with Gasteiger partial charge in [-0.1, -0.05) is 24.3 Å². The molecule has 8 nitrogen and oxygen atoms in total. The molecule has 2 aliphatic heterocycles. The van der Waals surface area contributed by atoms with E-state index in [1.54, 1.807) is 12.3 Å². The van der Waals surface area contributed by atoms with Crippen molar-refractivity contribution in [2.75, 3.05) is 44.8 Å². The minimum atomic E-state index is -0.940. The second-order valence-corrected chi connectivity index (χ2v) is 9.97. The smallest absolute Gasteiger partial charge is 0.254 e. The van der Waals surface area contributed by atoms with E-state index in [-0.39, 0.29) is 19.0 Å². The number of nitrogens with zero attached hydrogens (tertiary/aromatic N) is 4. The van der Waals surface area contributed by atoms with E-state index < -0.39 is 11.7 Å². The predicted molar refractivity (Wildman–Crippen MR) is 139 cm³/mol. The van der Waals surface area contributed by atoms with Crippen molar-refractivity contribution in [3.8, 4) is 11.1 Å². The molecule has 1 aromatic heterocycles. The highest BCUT2D eigenvalue weighted by Gasteiger charge is 2.39. The molecule has 194 valence electrons. The van der Waals surface area contributed by atoms with Crippen molar-refractivity contribution in [2.24, 2.45) is 0 Å². The molecule has 3 heterocycles. The third-order valence-electron chi connectivity index (χ3n) is 7.48. The second-order valence-electron chi connectivity index (χ2n) is 9.97. The number of aromatic nitrogens is 2. The summed E-state index contributed by atoms with van der Waals surface area (Å²) in [5.41, 5.74) is 4.13. The number of likely N-dealkylation sites (tertiary alicyclic amines) is 1. The van der Waals surface area contributed by atoms with E-state index in [9.17, 15) is 14.0 Å². The molecule has 0 atom stereocenters. The molecule has 2 fully saturated rings. The lowest BCUT2D eigenvalue weighted by molar-refractivity contribution is -0.128. The van der Waals surface area contributed by atoms with Gasteiger partial charge in [0.05, 0.1) is 24.8 Å². The summed E-state index contributed by atoms with van der Waals surface area (Å²) in [7, 11) is 2.04. The van der Waals surface area contributed by atoms with Crippen LogP contribution in [-0.4, -0.2) is 83.9 Å². The summed E-state index contributed by atoms with van der Waals surface area (Å²) in [5.74, 6) is -0.173. The third kappa shape index (κ3) is 5.36. The molecule has 0 saturated carbocycles. The first kappa shape index (κ1) is 25.0. The van der Waals surface area contributed by atoms with Gasteiger partial charge in [0.25, 0.3) is 5.91 Å². The first-order valence-corrected chi connectivity index (χ1v) is 12.6. The maximum atomic E-state index is 13.2. The molecule has 2 aliphatic rings. The number of carbonyl (C=O) groups is 2. The van der Waals surface area contributed by atoms with Gasteiger partial charge in [-0.2, -0.15) is 5.10 Å². The Morgan fingerprint density at radius 1 is 1.19 bits per heavy atom. The second kappa shape index (κ2) is 10.7. The number of benzene rings is 2. The zero-order valence-corrected chi connectivity index (χ0v) is 21.0. The largest absolute Gasteiger partial charge is 0.381 e. The Bertz CT molecular complexity index is 1200. The zero-order chi connectivity index (χ0) is 25.8. The minimum absolute atomic E-state index is 0.141. The van der Waals surface area contributed by atoms with E-state index in [2.05, 4.69) is 39.4 Å². The van der Waals surface area contributed by atoms with Crippen molar-refractivity contribution in [1.82, 2.24) is 20.0 Å². The average molecular weight is 506 g/mol. The van der Waals surface area contributed by atoms with Crippen molar-refractivity contribution >= 4 is 18.0 Å². The van der Waals surface area contributed by atoms with E-state index in [0.717, 1.165) is 28.8 Å². The predicted octanol–water partition coefficient (Wildman–Crippen LogP) is 3.51. The van der Waals surface area contributed by atoms with Crippen molar-refractivity contribution in [2.45, 2.75) is 31.1 Å². The van der Waals surface area contributed by atoms with Gasteiger partial charge < -0.3 is 19.4 Å². The molecule has 9 heteroatoms. The number of H-pyrrole nitrogens is 1. The van der Waals surface area contributed by atoms with Gasteiger partial charge in [-0.3, -0.25) is 14.7 Å². The molecule has 0 unspecified atom stereocenters. The number of alkyl halides is 1. The SMILES string of the molecule is CN(CC1(N(C=O)Cc2cccc(C(=O)N3CC(F)C3)c2)CCOCC1)c1ccc(-c2cn[nH]c2)cc1. The number of aromatic amines is 1. The first-order chi connectivity index (χ1) is 18.0. The fraction of sp³-hybridized carbons (Fsp3) is 0.393. The highest BCUT2D eigenvalue weighted by atomic mass is 19.1. The van der Waals surface area contributed by atoms with Gasteiger partial charge in [0, 0.05) is 56.4 Å². The Hall–Kier alpha value is -3.72. The van der Waals surface area contributed by atoms with Crippen LogP contribution in [0.4, 0.5) is 10.1 Å². The zero-order valence-electron chi connectivity index (χ0n) is 21.0. The summed E-state index contributed by atoms with van der Waals surface area (Å²) < 4.78 is 18.9. The van der Waals surface area contributed by atoms with Crippen molar-refractivity contribution in [1.29, 1.82) is 0 Å². The molecule has 37 heavy (non-hydrogen) atoms. The quantitative estimate of drug-likeness (QED) is 0.450. The van der Waals surface area contributed by atoms with Crippen LogP contribution in [0.15, 0.2) is 60.9 Å². The van der Waals surface area contributed by atoms with Crippen molar-refractivity contribution in [3.05, 3.63) is 72.1 Å². The first-order valence-electron chi connectivity index (χ1n) is 12.6. The molecule has 0 radical (unpaired) electrons. The van der Waals surface area contributed by atoms with E-state index in [4.69, 9.17) is 4.74 Å². The number of anilines is 1. The number of amides is 2. The fourth-order valence-electron chi connectivity index (χ4n) is 5.23. The van der Waals surface area contributed by atoms with E-state index in [0.29, 0.717) is 44.7 Å². The number of hydrogen-bond donors (Lipinski definition) is 1. The average Bonchev–Trinajstić information content (AvgIpc) is 3.45. The lowest BCUT2D eigenvalue weighted by Gasteiger charge is -2.47. The monoisotopic (exact) mass is 505 g/mol. The van der Waals surface area contributed by atoms with E-state index in [1.807, 2.05) is 36.3 Å². The number of nitrogens with one attached hydrogen (secondary N) is 1. The molecule has 5 rings (SSSR count). The number of hydrogen-bond acceptors (Lipinski definition) is 5. The molecule has 2 saturated heterocycles. The van der Waals surface area contributed by atoms with Gasteiger partial charge >= 0.3 is 0 Å². The molecule has 0 bridgehead atoms. The van der Waals surface area contributed by atoms with Crippen LogP contribution in [0, 0.1) is 0 Å². The van der Waals surface area contributed by atoms with E-state index >= 15 is 0 Å². The molecule has 1 N–H and O–H groups in total. The van der Waals surface area contributed by atoms with Crippen LogP contribution < -0.4 is 4.90 Å². The number of carbonyl (C=O) groups excluding carboxylic acids is 2. The Morgan fingerprint density at radius 3 is 2.59 bits per heavy atom. The number of likely N-dealkylation sites (N-methyl/N-ethyl adjacent to an activating group) is 1. The van der Waals surface area contributed by atoms with Gasteiger partial charge in [-0.15, -0.1) is 0 Å². The van der Waals surface area contributed by atoms with Gasteiger partial charge in [-0.25, -0.2) is 4.39 Å².